The Kier molecular flexibility index (Phi) is 5.57. The minimum Gasteiger partial charge on any atom is -0.465 e. The van der Waals surface area contributed by atoms with Crippen LogP contribution in [-0.4, -0.2) is 12.6 Å². The summed E-state index contributed by atoms with van der Waals surface area (Å²) >= 11 is 0. The molecular formula is C15H16N2O2. The smallest absolute Gasteiger partial charge is 0.326 e. The number of hydrogen-bond acceptors (Lipinski definition) is 4. The Morgan fingerprint density at radius 2 is 2.00 bits per heavy atom. The van der Waals surface area contributed by atoms with Crippen molar-refractivity contribution in [3.8, 4) is 12.1 Å². The lowest BCUT2D eigenvalue weighted by atomic mass is 9.79. The molecule has 0 aliphatic rings. The summed E-state index contributed by atoms with van der Waals surface area (Å²) in [6.07, 6.45) is 0.609. The molecule has 0 bridgehead atoms. The molecule has 0 amide bonds. The van der Waals surface area contributed by atoms with Gasteiger partial charge in [0.1, 0.15) is 0 Å². The molecule has 4 heteroatoms. The molecule has 1 rings (SSSR count). The highest BCUT2D eigenvalue weighted by Crippen LogP contribution is 2.30. The third-order valence-electron chi connectivity index (χ3n) is 2.89. The second-order valence-electron chi connectivity index (χ2n) is 4.23. The summed E-state index contributed by atoms with van der Waals surface area (Å²) in [7, 11) is 0. The van der Waals surface area contributed by atoms with Gasteiger partial charge in [0.25, 0.3) is 0 Å². The highest BCUT2D eigenvalue weighted by molar-refractivity contribution is 5.80. The largest absolute Gasteiger partial charge is 0.465 e. The maximum atomic E-state index is 12.1. The first kappa shape index (κ1) is 14.7. The van der Waals surface area contributed by atoms with Crippen LogP contribution in [0.4, 0.5) is 0 Å². The van der Waals surface area contributed by atoms with Gasteiger partial charge in [-0.15, -0.1) is 0 Å². The number of rotatable bonds is 6. The Morgan fingerprint density at radius 1 is 1.32 bits per heavy atom. The zero-order valence-corrected chi connectivity index (χ0v) is 10.9. The van der Waals surface area contributed by atoms with E-state index >= 15 is 0 Å². The van der Waals surface area contributed by atoms with Crippen LogP contribution in [0.2, 0.25) is 0 Å². The Labute approximate surface area is 113 Å². The van der Waals surface area contributed by atoms with Crippen molar-refractivity contribution >= 4 is 5.97 Å². The molecule has 0 spiro atoms. The molecule has 1 aromatic carbocycles. The lowest BCUT2D eigenvalue weighted by Crippen LogP contribution is -2.34. The quantitative estimate of drug-likeness (QED) is 0.733. The van der Waals surface area contributed by atoms with E-state index in [1.54, 1.807) is 6.92 Å². The van der Waals surface area contributed by atoms with Gasteiger partial charge < -0.3 is 4.74 Å². The average Bonchev–Trinajstić information content (AvgIpc) is 2.45. The minimum atomic E-state index is -1.27. The zero-order valence-electron chi connectivity index (χ0n) is 10.9. The van der Waals surface area contributed by atoms with Gasteiger partial charge >= 0.3 is 5.97 Å². The molecule has 0 aromatic heterocycles. The monoisotopic (exact) mass is 256 g/mol. The number of esters is 1. The van der Waals surface area contributed by atoms with Gasteiger partial charge in [0.15, 0.2) is 5.41 Å². The molecule has 1 aromatic rings. The van der Waals surface area contributed by atoms with E-state index in [2.05, 4.69) is 6.07 Å². The van der Waals surface area contributed by atoms with Gasteiger partial charge in [-0.1, -0.05) is 30.3 Å². The topological polar surface area (TPSA) is 73.9 Å². The number of nitriles is 2. The Balaban J connectivity index is 3.00. The highest BCUT2D eigenvalue weighted by atomic mass is 16.5. The Hall–Kier alpha value is -2.33. The van der Waals surface area contributed by atoms with E-state index in [1.807, 2.05) is 36.4 Å². The van der Waals surface area contributed by atoms with Crippen molar-refractivity contribution in [1.82, 2.24) is 0 Å². The van der Waals surface area contributed by atoms with E-state index < -0.39 is 11.4 Å². The van der Waals surface area contributed by atoms with Crippen LogP contribution in [0.3, 0.4) is 0 Å². The molecule has 4 nitrogen and oxygen atoms in total. The number of hydrogen-bond donors (Lipinski definition) is 0. The van der Waals surface area contributed by atoms with Crippen molar-refractivity contribution in [2.24, 2.45) is 5.41 Å². The van der Waals surface area contributed by atoms with Crippen LogP contribution in [0.15, 0.2) is 30.3 Å². The van der Waals surface area contributed by atoms with Crippen molar-refractivity contribution in [2.45, 2.75) is 26.2 Å². The van der Waals surface area contributed by atoms with Gasteiger partial charge in [-0.3, -0.25) is 4.79 Å². The normalized spacial score (nSPS) is 12.8. The molecule has 98 valence electrons. The number of benzene rings is 1. The lowest BCUT2D eigenvalue weighted by molar-refractivity contribution is -0.152. The molecule has 0 fully saturated rings. The summed E-state index contributed by atoms with van der Waals surface area (Å²) in [6, 6.07) is 13.3. The first-order valence-electron chi connectivity index (χ1n) is 6.18. The summed E-state index contributed by atoms with van der Waals surface area (Å²) in [5.74, 6) is -0.545. The summed E-state index contributed by atoms with van der Waals surface area (Å²) in [5, 5.41) is 18.1. The summed E-state index contributed by atoms with van der Waals surface area (Å²) in [6.45, 7) is 1.93. The van der Waals surface area contributed by atoms with Crippen molar-refractivity contribution < 1.29 is 9.53 Å². The van der Waals surface area contributed by atoms with Gasteiger partial charge in [0, 0.05) is 12.8 Å². The van der Waals surface area contributed by atoms with Gasteiger partial charge in [0.05, 0.1) is 18.7 Å². The van der Waals surface area contributed by atoms with Crippen molar-refractivity contribution in [3.05, 3.63) is 35.9 Å². The second-order valence-corrected chi connectivity index (χ2v) is 4.23. The predicted octanol–water partition coefficient (Wildman–Crippen LogP) is 2.61. The fourth-order valence-electron chi connectivity index (χ4n) is 1.89. The molecule has 0 saturated carbocycles. The molecule has 19 heavy (non-hydrogen) atoms. The third-order valence-corrected chi connectivity index (χ3v) is 2.89. The number of carbonyl (C=O) groups is 1. The van der Waals surface area contributed by atoms with Crippen LogP contribution in [-0.2, 0) is 16.0 Å². The van der Waals surface area contributed by atoms with Crippen LogP contribution in [0.25, 0.3) is 0 Å². The van der Waals surface area contributed by atoms with Crippen molar-refractivity contribution in [3.63, 3.8) is 0 Å². The van der Waals surface area contributed by atoms with E-state index in [-0.39, 0.29) is 25.9 Å². The fraction of sp³-hybridized carbons (Fsp3) is 0.400. The van der Waals surface area contributed by atoms with Crippen LogP contribution in [0.5, 0.6) is 0 Å². The number of carbonyl (C=O) groups excluding carboxylic acids is 1. The van der Waals surface area contributed by atoms with Gasteiger partial charge in [0.2, 0.25) is 0 Å². The van der Waals surface area contributed by atoms with Gasteiger partial charge in [-0.05, 0) is 18.9 Å². The zero-order chi connectivity index (χ0) is 14.1. The van der Waals surface area contributed by atoms with Crippen molar-refractivity contribution in [1.29, 1.82) is 10.5 Å². The van der Waals surface area contributed by atoms with Crippen LogP contribution in [0.1, 0.15) is 25.3 Å². The molecule has 0 aliphatic carbocycles. The molecule has 0 aliphatic heterocycles. The predicted molar refractivity (Wildman–Crippen MR) is 69.7 cm³/mol. The summed E-state index contributed by atoms with van der Waals surface area (Å²) < 4.78 is 5.00. The third kappa shape index (κ3) is 3.82. The van der Waals surface area contributed by atoms with E-state index in [9.17, 15) is 10.1 Å². The van der Waals surface area contributed by atoms with E-state index in [1.165, 1.54) is 0 Å². The summed E-state index contributed by atoms with van der Waals surface area (Å²) in [5.41, 5.74) is -0.386. The standard InChI is InChI=1S/C15H16N2O2/c1-2-19-14(18)15(12-17,9-6-10-16)11-13-7-4-3-5-8-13/h3-5,7-8H,2,6,9,11H2,1H3. The molecular weight excluding hydrogens is 240 g/mol. The number of ether oxygens (including phenoxy) is 1. The molecule has 0 saturated heterocycles. The first-order chi connectivity index (χ1) is 9.18. The molecule has 1 unspecified atom stereocenters. The van der Waals surface area contributed by atoms with Crippen LogP contribution < -0.4 is 0 Å². The Bertz CT molecular complexity index is 499. The lowest BCUT2D eigenvalue weighted by Gasteiger charge is -2.23. The van der Waals surface area contributed by atoms with Crippen LogP contribution >= 0.6 is 0 Å². The average molecular weight is 256 g/mol. The maximum Gasteiger partial charge on any atom is 0.326 e. The highest BCUT2D eigenvalue weighted by Gasteiger charge is 2.40. The van der Waals surface area contributed by atoms with Gasteiger partial charge in [-0.2, -0.15) is 10.5 Å². The maximum absolute atomic E-state index is 12.1. The minimum absolute atomic E-state index is 0.152. The SMILES string of the molecule is CCOC(=O)C(C#N)(CCC#N)Cc1ccccc1. The Morgan fingerprint density at radius 3 is 2.53 bits per heavy atom. The second kappa shape index (κ2) is 7.18. The summed E-state index contributed by atoms with van der Waals surface area (Å²) in [4.78, 5) is 12.1. The van der Waals surface area contributed by atoms with Crippen LogP contribution in [0, 0.1) is 28.1 Å². The van der Waals surface area contributed by atoms with E-state index in [0.717, 1.165) is 5.56 Å². The first-order valence-corrected chi connectivity index (χ1v) is 6.18. The number of nitrogens with zero attached hydrogens (tertiary/aromatic N) is 2. The van der Waals surface area contributed by atoms with Crippen molar-refractivity contribution in [2.75, 3.05) is 6.61 Å². The van der Waals surface area contributed by atoms with Gasteiger partial charge in [-0.25, -0.2) is 0 Å². The molecule has 1 atom stereocenters. The molecule has 0 heterocycles. The molecule has 0 radical (unpaired) electrons. The van der Waals surface area contributed by atoms with E-state index in [4.69, 9.17) is 10.00 Å². The fourth-order valence-corrected chi connectivity index (χ4v) is 1.89. The molecule has 0 N–H and O–H groups in total. The van der Waals surface area contributed by atoms with E-state index in [0.29, 0.717) is 0 Å².